The SMILES string of the molecule is CCCOc1nc(NCC)nc(-c2cscc2Br)n1. The van der Waals surface area contributed by atoms with Crippen LogP contribution < -0.4 is 10.1 Å². The molecule has 2 rings (SSSR count). The van der Waals surface area contributed by atoms with Crippen molar-refractivity contribution < 1.29 is 4.74 Å². The molecule has 102 valence electrons. The first-order valence-corrected chi connectivity index (χ1v) is 7.83. The lowest BCUT2D eigenvalue weighted by Gasteiger charge is -2.08. The summed E-state index contributed by atoms with van der Waals surface area (Å²) in [6, 6.07) is 0.362. The van der Waals surface area contributed by atoms with E-state index in [1.165, 1.54) is 0 Å². The van der Waals surface area contributed by atoms with Crippen LogP contribution in [-0.2, 0) is 0 Å². The number of thiophene rings is 1. The van der Waals surface area contributed by atoms with Gasteiger partial charge in [0, 0.05) is 27.3 Å². The monoisotopic (exact) mass is 342 g/mol. The molecule has 0 aliphatic carbocycles. The molecular formula is C12H15BrN4OS. The second-order valence-corrected chi connectivity index (χ2v) is 5.38. The Morgan fingerprint density at radius 3 is 2.74 bits per heavy atom. The zero-order valence-electron chi connectivity index (χ0n) is 10.8. The third-order valence-electron chi connectivity index (χ3n) is 2.24. The number of nitrogens with zero attached hydrogens (tertiary/aromatic N) is 3. The first-order valence-electron chi connectivity index (χ1n) is 6.09. The van der Waals surface area contributed by atoms with Crippen molar-refractivity contribution in [1.29, 1.82) is 0 Å². The highest BCUT2D eigenvalue weighted by atomic mass is 79.9. The third-order valence-corrected chi connectivity index (χ3v) is 3.94. The van der Waals surface area contributed by atoms with E-state index in [2.05, 4.69) is 36.2 Å². The van der Waals surface area contributed by atoms with Crippen LogP contribution in [0, 0.1) is 0 Å². The van der Waals surface area contributed by atoms with E-state index in [-0.39, 0.29) is 0 Å². The predicted molar refractivity (Wildman–Crippen MR) is 80.8 cm³/mol. The highest BCUT2D eigenvalue weighted by molar-refractivity contribution is 9.10. The molecule has 0 amide bonds. The summed E-state index contributed by atoms with van der Waals surface area (Å²) < 4.78 is 6.49. The number of nitrogens with one attached hydrogen (secondary N) is 1. The Hall–Kier alpha value is -1.21. The number of aromatic nitrogens is 3. The summed E-state index contributed by atoms with van der Waals surface area (Å²) in [4.78, 5) is 13.0. The summed E-state index contributed by atoms with van der Waals surface area (Å²) in [5.74, 6) is 1.15. The fourth-order valence-electron chi connectivity index (χ4n) is 1.41. The first kappa shape index (κ1) is 14.2. The molecule has 0 unspecified atom stereocenters. The van der Waals surface area contributed by atoms with Crippen molar-refractivity contribution >= 4 is 33.2 Å². The fourth-order valence-corrected chi connectivity index (χ4v) is 2.86. The van der Waals surface area contributed by atoms with Gasteiger partial charge in [-0.2, -0.15) is 26.3 Å². The number of halogens is 1. The molecule has 0 atom stereocenters. The first-order chi connectivity index (χ1) is 9.24. The number of ether oxygens (including phenoxy) is 1. The van der Waals surface area contributed by atoms with Gasteiger partial charge in [-0.1, -0.05) is 6.92 Å². The lowest BCUT2D eigenvalue weighted by atomic mass is 10.3. The molecule has 2 aromatic rings. The highest BCUT2D eigenvalue weighted by Gasteiger charge is 2.12. The Bertz CT molecular complexity index is 546. The Morgan fingerprint density at radius 1 is 1.26 bits per heavy atom. The van der Waals surface area contributed by atoms with E-state index in [1.807, 2.05) is 24.6 Å². The van der Waals surface area contributed by atoms with E-state index in [0.29, 0.717) is 24.4 Å². The minimum absolute atomic E-state index is 0.362. The zero-order valence-corrected chi connectivity index (χ0v) is 13.2. The molecule has 0 aliphatic rings. The molecule has 7 heteroatoms. The van der Waals surface area contributed by atoms with Crippen LogP contribution in [0.25, 0.3) is 11.4 Å². The number of anilines is 1. The van der Waals surface area contributed by atoms with Gasteiger partial charge in [-0.15, -0.1) is 0 Å². The summed E-state index contributed by atoms with van der Waals surface area (Å²) in [7, 11) is 0. The van der Waals surface area contributed by atoms with Crippen molar-refractivity contribution in [2.75, 3.05) is 18.5 Å². The molecule has 0 bridgehead atoms. The van der Waals surface area contributed by atoms with Crippen molar-refractivity contribution in [3.63, 3.8) is 0 Å². The van der Waals surface area contributed by atoms with Crippen molar-refractivity contribution in [3.05, 3.63) is 15.2 Å². The maximum absolute atomic E-state index is 5.51. The molecule has 1 N–H and O–H groups in total. The molecule has 0 saturated heterocycles. The van der Waals surface area contributed by atoms with E-state index in [9.17, 15) is 0 Å². The summed E-state index contributed by atoms with van der Waals surface area (Å²) in [6.07, 6.45) is 0.916. The van der Waals surface area contributed by atoms with Gasteiger partial charge in [0.25, 0.3) is 0 Å². The maximum Gasteiger partial charge on any atom is 0.321 e. The average Bonchev–Trinajstić information content (AvgIpc) is 2.83. The van der Waals surface area contributed by atoms with Gasteiger partial charge in [0.2, 0.25) is 5.95 Å². The largest absolute Gasteiger partial charge is 0.463 e. The van der Waals surface area contributed by atoms with Crippen LogP contribution in [0.3, 0.4) is 0 Å². The molecule has 2 heterocycles. The summed E-state index contributed by atoms with van der Waals surface area (Å²) >= 11 is 5.09. The Labute approximate surface area is 124 Å². The summed E-state index contributed by atoms with van der Waals surface area (Å²) in [5.41, 5.74) is 0.952. The average molecular weight is 343 g/mol. The predicted octanol–water partition coefficient (Wildman–Crippen LogP) is 3.58. The standard InChI is InChI=1S/C12H15BrN4OS/c1-3-5-18-12-16-10(8-6-19-7-9(8)13)15-11(17-12)14-4-2/h6-7H,3-5H2,1-2H3,(H,14,15,16,17). The van der Waals surface area contributed by atoms with Gasteiger partial charge in [0.1, 0.15) is 0 Å². The van der Waals surface area contributed by atoms with E-state index in [0.717, 1.165) is 23.0 Å². The van der Waals surface area contributed by atoms with Crippen molar-refractivity contribution in [1.82, 2.24) is 15.0 Å². The van der Waals surface area contributed by atoms with Crippen molar-refractivity contribution in [3.8, 4) is 17.4 Å². The van der Waals surface area contributed by atoms with Crippen LogP contribution in [0.1, 0.15) is 20.3 Å². The van der Waals surface area contributed by atoms with Gasteiger partial charge in [0.15, 0.2) is 5.82 Å². The summed E-state index contributed by atoms with van der Waals surface area (Å²) in [5, 5.41) is 7.09. The van der Waals surface area contributed by atoms with Gasteiger partial charge in [0.05, 0.1) is 6.61 Å². The third kappa shape index (κ3) is 3.63. The molecule has 0 saturated carbocycles. The quantitative estimate of drug-likeness (QED) is 0.869. The second kappa shape index (κ2) is 6.81. The van der Waals surface area contributed by atoms with Gasteiger partial charge in [-0.05, 0) is 29.3 Å². The molecule has 0 radical (unpaired) electrons. The molecule has 5 nitrogen and oxygen atoms in total. The van der Waals surface area contributed by atoms with Crippen LogP contribution in [0.15, 0.2) is 15.2 Å². The number of hydrogen-bond acceptors (Lipinski definition) is 6. The highest BCUT2D eigenvalue weighted by Crippen LogP contribution is 2.30. The van der Waals surface area contributed by atoms with E-state index in [1.54, 1.807) is 11.3 Å². The Morgan fingerprint density at radius 2 is 2.11 bits per heavy atom. The smallest absolute Gasteiger partial charge is 0.321 e. The molecule has 0 aliphatic heterocycles. The molecule has 0 aromatic carbocycles. The van der Waals surface area contributed by atoms with Gasteiger partial charge >= 0.3 is 6.01 Å². The fraction of sp³-hybridized carbons (Fsp3) is 0.417. The van der Waals surface area contributed by atoms with Gasteiger partial charge < -0.3 is 10.1 Å². The topological polar surface area (TPSA) is 59.9 Å². The van der Waals surface area contributed by atoms with Crippen LogP contribution in [-0.4, -0.2) is 28.1 Å². The van der Waals surface area contributed by atoms with Crippen molar-refractivity contribution in [2.24, 2.45) is 0 Å². The summed E-state index contributed by atoms with van der Waals surface area (Å²) in [6.45, 7) is 5.39. The van der Waals surface area contributed by atoms with Crippen LogP contribution in [0.2, 0.25) is 0 Å². The van der Waals surface area contributed by atoms with E-state index < -0.39 is 0 Å². The molecule has 0 spiro atoms. The molecular weight excluding hydrogens is 328 g/mol. The maximum atomic E-state index is 5.51. The number of hydrogen-bond donors (Lipinski definition) is 1. The molecule has 19 heavy (non-hydrogen) atoms. The lowest BCUT2D eigenvalue weighted by Crippen LogP contribution is -2.08. The van der Waals surface area contributed by atoms with Crippen LogP contribution in [0.4, 0.5) is 5.95 Å². The Kier molecular flexibility index (Phi) is 5.09. The minimum Gasteiger partial charge on any atom is -0.463 e. The van der Waals surface area contributed by atoms with Gasteiger partial charge in [-0.25, -0.2) is 0 Å². The zero-order chi connectivity index (χ0) is 13.7. The molecule has 0 fully saturated rings. The van der Waals surface area contributed by atoms with Gasteiger partial charge in [-0.3, -0.25) is 0 Å². The van der Waals surface area contributed by atoms with E-state index in [4.69, 9.17) is 4.74 Å². The van der Waals surface area contributed by atoms with Crippen LogP contribution in [0.5, 0.6) is 6.01 Å². The lowest BCUT2D eigenvalue weighted by molar-refractivity contribution is 0.292. The minimum atomic E-state index is 0.362. The normalized spacial score (nSPS) is 10.5. The van der Waals surface area contributed by atoms with Crippen LogP contribution >= 0.6 is 27.3 Å². The second-order valence-electron chi connectivity index (χ2n) is 3.78. The van der Waals surface area contributed by atoms with E-state index >= 15 is 0 Å². The van der Waals surface area contributed by atoms with Crippen molar-refractivity contribution in [2.45, 2.75) is 20.3 Å². The molecule has 2 aromatic heterocycles. The number of rotatable bonds is 6. The Balaban J connectivity index is 2.36.